The van der Waals surface area contributed by atoms with E-state index in [4.69, 9.17) is 9.15 Å². The van der Waals surface area contributed by atoms with E-state index in [9.17, 15) is 14.4 Å². The molecule has 8 heteroatoms. The van der Waals surface area contributed by atoms with Gasteiger partial charge in [-0.3, -0.25) is 14.4 Å². The second-order valence-corrected chi connectivity index (χ2v) is 8.53. The second-order valence-electron chi connectivity index (χ2n) is 8.53. The van der Waals surface area contributed by atoms with Crippen LogP contribution in [0.2, 0.25) is 0 Å². The number of carbonyl (C=O) groups is 3. The lowest BCUT2D eigenvalue weighted by molar-refractivity contribution is -0.144. The molecule has 0 aliphatic heterocycles. The molecule has 8 nitrogen and oxygen atoms in total. The SMILES string of the molecule is COC(=O)C[C@@H](CC(C)C)C(=O)N[C@@H](Cc1c[nH]c2ccccc12)C(=O)NCc1ccco1. The summed E-state index contributed by atoms with van der Waals surface area (Å²) in [6.45, 7) is 4.18. The van der Waals surface area contributed by atoms with Gasteiger partial charge in [-0.25, -0.2) is 0 Å². The summed E-state index contributed by atoms with van der Waals surface area (Å²) in [6.07, 6.45) is 4.16. The van der Waals surface area contributed by atoms with E-state index in [1.807, 2.05) is 44.3 Å². The highest BCUT2D eigenvalue weighted by Crippen LogP contribution is 2.21. The number of amides is 2. The molecule has 0 bridgehead atoms. The van der Waals surface area contributed by atoms with Crippen molar-refractivity contribution in [1.82, 2.24) is 15.6 Å². The summed E-state index contributed by atoms with van der Waals surface area (Å²) in [7, 11) is 1.30. The van der Waals surface area contributed by atoms with Crippen LogP contribution in [-0.4, -0.2) is 35.9 Å². The minimum atomic E-state index is -0.820. The molecule has 3 rings (SSSR count). The van der Waals surface area contributed by atoms with Crippen LogP contribution in [0.3, 0.4) is 0 Å². The molecular weight excluding hydrogens is 422 g/mol. The summed E-state index contributed by atoms with van der Waals surface area (Å²) in [5.41, 5.74) is 1.87. The molecule has 0 saturated heterocycles. The van der Waals surface area contributed by atoms with Crippen molar-refractivity contribution in [3.05, 3.63) is 60.2 Å². The minimum absolute atomic E-state index is 0.0334. The fraction of sp³-hybridized carbons (Fsp3) is 0.400. The lowest BCUT2D eigenvalue weighted by Crippen LogP contribution is -2.49. The Bertz CT molecular complexity index is 1070. The van der Waals surface area contributed by atoms with Crippen molar-refractivity contribution in [1.29, 1.82) is 0 Å². The van der Waals surface area contributed by atoms with Crippen LogP contribution in [0.1, 0.15) is 38.0 Å². The average Bonchev–Trinajstić information content (AvgIpc) is 3.46. The number of methoxy groups -OCH3 is 1. The number of furan rings is 1. The van der Waals surface area contributed by atoms with Crippen LogP contribution in [-0.2, 0) is 32.1 Å². The molecule has 2 amide bonds. The highest BCUT2D eigenvalue weighted by Gasteiger charge is 2.29. The van der Waals surface area contributed by atoms with E-state index < -0.39 is 17.9 Å². The maximum atomic E-state index is 13.1. The number of ether oxygens (including phenoxy) is 1. The molecule has 3 N–H and O–H groups in total. The van der Waals surface area contributed by atoms with Crippen LogP contribution in [0.15, 0.2) is 53.3 Å². The van der Waals surface area contributed by atoms with Crippen molar-refractivity contribution < 1.29 is 23.5 Å². The van der Waals surface area contributed by atoms with Crippen LogP contribution in [0, 0.1) is 11.8 Å². The van der Waals surface area contributed by atoms with Crippen LogP contribution in [0.25, 0.3) is 10.9 Å². The molecule has 2 heterocycles. The lowest BCUT2D eigenvalue weighted by atomic mass is 9.92. The molecular formula is C25H31N3O5. The predicted octanol–water partition coefficient (Wildman–Crippen LogP) is 3.33. The van der Waals surface area contributed by atoms with Gasteiger partial charge in [0, 0.05) is 29.4 Å². The zero-order valence-electron chi connectivity index (χ0n) is 19.2. The molecule has 0 saturated carbocycles. The van der Waals surface area contributed by atoms with E-state index in [2.05, 4.69) is 15.6 Å². The van der Waals surface area contributed by atoms with Crippen molar-refractivity contribution in [2.75, 3.05) is 7.11 Å². The highest BCUT2D eigenvalue weighted by molar-refractivity contribution is 5.91. The number of aromatic amines is 1. The Hall–Kier alpha value is -3.55. The maximum absolute atomic E-state index is 13.1. The average molecular weight is 454 g/mol. The molecule has 0 radical (unpaired) electrons. The van der Waals surface area contributed by atoms with Crippen molar-refractivity contribution in [2.24, 2.45) is 11.8 Å². The molecule has 0 aliphatic rings. The fourth-order valence-corrected chi connectivity index (χ4v) is 3.87. The summed E-state index contributed by atoms with van der Waals surface area (Å²) in [5, 5.41) is 6.70. The monoisotopic (exact) mass is 453 g/mol. The first-order valence-electron chi connectivity index (χ1n) is 11.1. The Morgan fingerprint density at radius 2 is 1.88 bits per heavy atom. The molecule has 176 valence electrons. The summed E-state index contributed by atoms with van der Waals surface area (Å²) in [6, 6.07) is 10.5. The number of aromatic nitrogens is 1. The van der Waals surface area contributed by atoms with Gasteiger partial charge in [-0.05, 0) is 36.1 Å². The summed E-state index contributed by atoms with van der Waals surface area (Å²) < 4.78 is 10.1. The topological polar surface area (TPSA) is 113 Å². The molecule has 33 heavy (non-hydrogen) atoms. The quantitative estimate of drug-likeness (QED) is 0.386. The second kappa shape index (κ2) is 11.4. The Morgan fingerprint density at radius 1 is 1.09 bits per heavy atom. The first-order chi connectivity index (χ1) is 15.9. The van der Waals surface area contributed by atoms with Crippen LogP contribution in [0.5, 0.6) is 0 Å². The van der Waals surface area contributed by atoms with Gasteiger partial charge in [0.1, 0.15) is 11.8 Å². The van der Waals surface area contributed by atoms with E-state index in [1.165, 1.54) is 13.4 Å². The molecule has 0 unspecified atom stereocenters. The van der Waals surface area contributed by atoms with Crippen molar-refractivity contribution in [3.63, 3.8) is 0 Å². The minimum Gasteiger partial charge on any atom is -0.469 e. The van der Waals surface area contributed by atoms with Gasteiger partial charge in [0.15, 0.2) is 0 Å². The number of carbonyl (C=O) groups excluding carboxylic acids is 3. The van der Waals surface area contributed by atoms with Crippen molar-refractivity contribution in [2.45, 2.75) is 45.7 Å². The molecule has 1 aromatic carbocycles. The Balaban J connectivity index is 1.79. The van der Waals surface area contributed by atoms with Gasteiger partial charge in [0.05, 0.1) is 26.3 Å². The zero-order chi connectivity index (χ0) is 23.8. The summed E-state index contributed by atoms with van der Waals surface area (Å²) >= 11 is 0. The molecule has 2 atom stereocenters. The first-order valence-corrected chi connectivity index (χ1v) is 11.1. The maximum Gasteiger partial charge on any atom is 0.306 e. The third-order valence-corrected chi connectivity index (χ3v) is 5.52. The molecule has 0 spiro atoms. The highest BCUT2D eigenvalue weighted by atomic mass is 16.5. The molecule has 3 aromatic rings. The lowest BCUT2D eigenvalue weighted by Gasteiger charge is -2.23. The number of rotatable bonds is 11. The van der Waals surface area contributed by atoms with Gasteiger partial charge in [-0.15, -0.1) is 0 Å². The predicted molar refractivity (Wildman–Crippen MR) is 124 cm³/mol. The Labute approximate surface area is 193 Å². The van der Waals surface area contributed by atoms with Gasteiger partial charge in [0.25, 0.3) is 0 Å². The smallest absolute Gasteiger partial charge is 0.306 e. The number of hydrogen-bond acceptors (Lipinski definition) is 5. The van der Waals surface area contributed by atoms with E-state index in [1.54, 1.807) is 12.1 Å². The number of para-hydroxylation sites is 1. The molecule has 0 fully saturated rings. The third-order valence-electron chi connectivity index (χ3n) is 5.52. The van der Waals surface area contributed by atoms with Gasteiger partial charge in [0.2, 0.25) is 11.8 Å². The van der Waals surface area contributed by atoms with Gasteiger partial charge >= 0.3 is 5.97 Å². The number of H-pyrrole nitrogens is 1. The van der Waals surface area contributed by atoms with Gasteiger partial charge < -0.3 is 24.8 Å². The molecule has 2 aromatic heterocycles. The standard InChI is InChI=1S/C25H31N3O5/c1-16(2)11-17(13-23(29)32-3)24(30)28-22(25(31)27-15-19-7-6-10-33-19)12-18-14-26-21-9-5-4-8-20(18)21/h4-10,14,16-17,22,26H,11-13,15H2,1-3H3,(H,27,31)(H,28,30)/t17-,22+/m1/s1. The van der Waals surface area contributed by atoms with E-state index in [0.29, 0.717) is 18.6 Å². The largest absolute Gasteiger partial charge is 0.469 e. The van der Waals surface area contributed by atoms with E-state index >= 15 is 0 Å². The number of hydrogen-bond donors (Lipinski definition) is 3. The van der Waals surface area contributed by atoms with E-state index in [-0.39, 0.29) is 30.7 Å². The van der Waals surface area contributed by atoms with Gasteiger partial charge in [-0.1, -0.05) is 32.0 Å². The Morgan fingerprint density at radius 3 is 2.58 bits per heavy atom. The third kappa shape index (κ3) is 6.71. The Kier molecular flexibility index (Phi) is 8.29. The van der Waals surface area contributed by atoms with Crippen LogP contribution >= 0.6 is 0 Å². The number of esters is 1. The normalized spacial score (nSPS) is 13.0. The molecule has 0 aliphatic carbocycles. The van der Waals surface area contributed by atoms with Crippen molar-refractivity contribution in [3.8, 4) is 0 Å². The fourth-order valence-electron chi connectivity index (χ4n) is 3.87. The van der Waals surface area contributed by atoms with Crippen LogP contribution in [0.4, 0.5) is 0 Å². The summed E-state index contributed by atoms with van der Waals surface area (Å²) in [4.78, 5) is 41.3. The number of nitrogens with one attached hydrogen (secondary N) is 3. The van der Waals surface area contributed by atoms with Crippen LogP contribution < -0.4 is 10.6 Å². The first kappa shape index (κ1) is 24.1. The van der Waals surface area contributed by atoms with Crippen molar-refractivity contribution >= 4 is 28.7 Å². The zero-order valence-corrected chi connectivity index (χ0v) is 19.2. The van der Waals surface area contributed by atoms with E-state index in [0.717, 1.165) is 16.5 Å². The summed E-state index contributed by atoms with van der Waals surface area (Å²) in [5.74, 6) is -0.889. The number of benzene rings is 1. The number of fused-ring (bicyclic) bond motifs is 1. The van der Waals surface area contributed by atoms with Gasteiger partial charge in [-0.2, -0.15) is 0 Å².